The number of nitro groups is 1. The predicted octanol–water partition coefficient (Wildman–Crippen LogP) is 2.64. The summed E-state index contributed by atoms with van der Waals surface area (Å²) in [4.78, 5) is 10.8. The van der Waals surface area contributed by atoms with Crippen LogP contribution in [0.5, 0.6) is 11.5 Å². The summed E-state index contributed by atoms with van der Waals surface area (Å²) in [5, 5.41) is 11.2. The fourth-order valence-electron chi connectivity index (χ4n) is 2.44. The van der Waals surface area contributed by atoms with Gasteiger partial charge in [0.15, 0.2) is 0 Å². The van der Waals surface area contributed by atoms with E-state index in [1.165, 1.54) is 0 Å². The van der Waals surface area contributed by atoms with Crippen LogP contribution in [0.3, 0.4) is 0 Å². The Morgan fingerprint density at radius 2 is 1.95 bits per heavy atom. The normalized spacial score (nSPS) is 22.3. The van der Waals surface area contributed by atoms with E-state index < -0.39 is 4.92 Å². The molecule has 1 aromatic rings. The maximum absolute atomic E-state index is 11.2. The number of nitro benzene ring substituents is 1. The lowest BCUT2D eigenvalue weighted by Crippen LogP contribution is -2.31. The highest BCUT2D eigenvalue weighted by molar-refractivity contribution is 5.57. The summed E-state index contributed by atoms with van der Waals surface area (Å²) in [6.07, 6.45) is 3.44. The molecular weight excluding hydrogens is 260 g/mol. The van der Waals surface area contributed by atoms with Crippen LogP contribution in [0.4, 0.5) is 5.69 Å². The first-order valence-corrected chi connectivity index (χ1v) is 6.94. The number of para-hydroxylation sites is 1. The van der Waals surface area contributed by atoms with Crippen LogP contribution in [0.15, 0.2) is 18.2 Å². The molecule has 6 heteroatoms. The van der Waals surface area contributed by atoms with Crippen molar-refractivity contribution in [2.75, 3.05) is 6.61 Å². The van der Waals surface area contributed by atoms with Crippen molar-refractivity contribution in [3.63, 3.8) is 0 Å². The van der Waals surface area contributed by atoms with Gasteiger partial charge in [0.25, 0.3) is 0 Å². The molecule has 0 atom stereocenters. The minimum absolute atomic E-state index is 0.00891. The van der Waals surface area contributed by atoms with Crippen LogP contribution in [-0.4, -0.2) is 23.7 Å². The van der Waals surface area contributed by atoms with Gasteiger partial charge in [-0.25, -0.2) is 0 Å². The van der Waals surface area contributed by atoms with Gasteiger partial charge < -0.3 is 15.2 Å². The topological polar surface area (TPSA) is 87.6 Å². The molecule has 0 heterocycles. The zero-order chi connectivity index (χ0) is 14.5. The number of hydrogen-bond acceptors (Lipinski definition) is 5. The standard InChI is InChI=1S/C14H20N2O4/c1-2-19-12-4-3-5-13(14(12)16(17)18)20-11-8-6-10(15)7-9-11/h3-5,10-11H,2,6-9,15H2,1H3. The van der Waals surface area contributed by atoms with Crippen molar-refractivity contribution in [1.82, 2.24) is 0 Å². The van der Waals surface area contributed by atoms with Crippen LogP contribution in [0.25, 0.3) is 0 Å². The molecule has 0 spiro atoms. The van der Waals surface area contributed by atoms with E-state index in [9.17, 15) is 10.1 Å². The van der Waals surface area contributed by atoms with E-state index in [4.69, 9.17) is 15.2 Å². The summed E-state index contributed by atoms with van der Waals surface area (Å²) in [5.41, 5.74) is 5.76. The van der Waals surface area contributed by atoms with Gasteiger partial charge in [-0.15, -0.1) is 0 Å². The first-order chi connectivity index (χ1) is 9.61. The Morgan fingerprint density at radius 3 is 2.55 bits per heavy atom. The zero-order valence-corrected chi connectivity index (χ0v) is 11.6. The predicted molar refractivity (Wildman–Crippen MR) is 75.1 cm³/mol. The molecule has 0 bridgehead atoms. The molecular formula is C14H20N2O4. The molecule has 2 rings (SSSR count). The van der Waals surface area contributed by atoms with Crippen molar-refractivity contribution in [2.45, 2.75) is 44.8 Å². The quantitative estimate of drug-likeness (QED) is 0.661. The monoisotopic (exact) mass is 280 g/mol. The lowest BCUT2D eigenvalue weighted by atomic mass is 9.94. The van der Waals surface area contributed by atoms with Gasteiger partial charge in [0, 0.05) is 6.04 Å². The van der Waals surface area contributed by atoms with Crippen LogP contribution in [-0.2, 0) is 0 Å². The molecule has 1 fully saturated rings. The molecule has 0 saturated heterocycles. The maximum atomic E-state index is 11.2. The Hall–Kier alpha value is -1.82. The molecule has 0 amide bonds. The number of nitrogens with two attached hydrogens (primary N) is 1. The summed E-state index contributed by atoms with van der Waals surface area (Å²) in [6, 6.07) is 5.14. The third kappa shape index (κ3) is 3.39. The molecule has 1 saturated carbocycles. The highest BCUT2D eigenvalue weighted by atomic mass is 16.6. The van der Waals surface area contributed by atoms with Crippen molar-refractivity contribution in [2.24, 2.45) is 5.73 Å². The molecule has 1 aliphatic carbocycles. The number of ether oxygens (including phenoxy) is 2. The molecule has 0 radical (unpaired) electrons. The first-order valence-electron chi connectivity index (χ1n) is 6.94. The lowest BCUT2D eigenvalue weighted by molar-refractivity contribution is -0.387. The zero-order valence-electron chi connectivity index (χ0n) is 11.6. The van der Waals surface area contributed by atoms with Crippen molar-refractivity contribution in [3.8, 4) is 11.5 Å². The van der Waals surface area contributed by atoms with Gasteiger partial charge in [0.1, 0.15) is 0 Å². The third-order valence-corrected chi connectivity index (χ3v) is 3.46. The van der Waals surface area contributed by atoms with Crippen LogP contribution >= 0.6 is 0 Å². The second kappa shape index (κ2) is 6.56. The highest BCUT2D eigenvalue weighted by Crippen LogP contribution is 2.38. The van der Waals surface area contributed by atoms with Gasteiger partial charge in [0.2, 0.25) is 11.5 Å². The van der Waals surface area contributed by atoms with Gasteiger partial charge in [-0.1, -0.05) is 6.07 Å². The summed E-state index contributed by atoms with van der Waals surface area (Å²) >= 11 is 0. The minimum atomic E-state index is -0.450. The average molecular weight is 280 g/mol. The molecule has 0 aromatic heterocycles. The molecule has 6 nitrogen and oxygen atoms in total. The largest absolute Gasteiger partial charge is 0.487 e. The lowest BCUT2D eigenvalue weighted by Gasteiger charge is -2.26. The van der Waals surface area contributed by atoms with E-state index in [-0.39, 0.29) is 29.3 Å². The van der Waals surface area contributed by atoms with E-state index in [0.717, 1.165) is 25.7 Å². The summed E-state index contributed by atoms with van der Waals surface area (Å²) in [5.74, 6) is 0.531. The van der Waals surface area contributed by atoms with Crippen LogP contribution in [0.2, 0.25) is 0 Å². The third-order valence-electron chi connectivity index (χ3n) is 3.46. The van der Waals surface area contributed by atoms with Crippen LogP contribution in [0.1, 0.15) is 32.6 Å². The van der Waals surface area contributed by atoms with Crippen molar-refractivity contribution in [1.29, 1.82) is 0 Å². The van der Waals surface area contributed by atoms with Crippen molar-refractivity contribution < 1.29 is 14.4 Å². The molecule has 0 unspecified atom stereocenters. The number of benzene rings is 1. The van der Waals surface area contributed by atoms with Gasteiger partial charge in [-0.05, 0) is 44.7 Å². The van der Waals surface area contributed by atoms with Gasteiger partial charge in [0.05, 0.1) is 17.6 Å². The molecule has 1 aromatic carbocycles. The van der Waals surface area contributed by atoms with Gasteiger partial charge in [-0.2, -0.15) is 0 Å². The minimum Gasteiger partial charge on any atom is -0.487 e. The number of rotatable bonds is 5. The Bertz CT molecular complexity index is 470. The van der Waals surface area contributed by atoms with Crippen molar-refractivity contribution in [3.05, 3.63) is 28.3 Å². The highest BCUT2D eigenvalue weighted by Gasteiger charge is 2.26. The Balaban J connectivity index is 2.18. The summed E-state index contributed by atoms with van der Waals surface area (Å²) < 4.78 is 11.1. The van der Waals surface area contributed by atoms with E-state index in [2.05, 4.69) is 0 Å². The Morgan fingerprint density at radius 1 is 1.30 bits per heavy atom. The SMILES string of the molecule is CCOc1cccc(OC2CCC(N)CC2)c1[N+](=O)[O-]. The second-order valence-electron chi connectivity index (χ2n) is 4.95. The fourth-order valence-corrected chi connectivity index (χ4v) is 2.44. The van der Waals surface area contributed by atoms with Gasteiger partial charge in [-0.3, -0.25) is 10.1 Å². The van der Waals surface area contributed by atoms with Crippen molar-refractivity contribution >= 4 is 5.69 Å². The van der Waals surface area contributed by atoms with Crippen LogP contribution < -0.4 is 15.2 Å². The first kappa shape index (κ1) is 14.6. The number of hydrogen-bond donors (Lipinski definition) is 1. The van der Waals surface area contributed by atoms with E-state index >= 15 is 0 Å². The summed E-state index contributed by atoms with van der Waals surface area (Å²) in [6.45, 7) is 2.17. The van der Waals surface area contributed by atoms with Gasteiger partial charge >= 0.3 is 5.69 Å². The Kier molecular flexibility index (Phi) is 4.79. The molecule has 20 heavy (non-hydrogen) atoms. The fraction of sp³-hybridized carbons (Fsp3) is 0.571. The smallest absolute Gasteiger partial charge is 0.352 e. The number of nitrogens with zero attached hydrogens (tertiary/aromatic N) is 1. The van der Waals surface area contributed by atoms with E-state index in [0.29, 0.717) is 6.61 Å². The van der Waals surface area contributed by atoms with Crippen LogP contribution in [0, 0.1) is 10.1 Å². The molecule has 1 aliphatic rings. The Labute approximate surface area is 118 Å². The molecule has 2 N–H and O–H groups in total. The molecule has 0 aliphatic heterocycles. The summed E-state index contributed by atoms with van der Waals surface area (Å²) in [7, 11) is 0. The average Bonchev–Trinajstić information content (AvgIpc) is 2.41. The van der Waals surface area contributed by atoms with E-state index in [1.807, 2.05) is 0 Å². The maximum Gasteiger partial charge on any atom is 0.352 e. The van der Waals surface area contributed by atoms with E-state index in [1.54, 1.807) is 25.1 Å². The second-order valence-corrected chi connectivity index (χ2v) is 4.95. The molecule has 110 valence electrons.